The molecule has 0 heterocycles. The SMILES string of the molecule is CC(=O)Oc1cccc(C(=O)NCCOCCO)c1. The van der Waals surface area contributed by atoms with Gasteiger partial charge in [-0.2, -0.15) is 0 Å². The predicted octanol–water partition coefficient (Wildman–Crippen LogP) is 0.351. The molecule has 0 saturated heterocycles. The van der Waals surface area contributed by atoms with E-state index in [0.29, 0.717) is 24.5 Å². The number of esters is 1. The number of carbonyl (C=O) groups is 2. The summed E-state index contributed by atoms with van der Waals surface area (Å²) >= 11 is 0. The van der Waals surface area contributed by atoms with Gasteiger partial charge in [-0.1, -0.05) is 6.07 Å². The fourth-order valence-electron chi connectivity index (χ4n) is 1.37. The van der Waals surface area contributed by atoms with Crippen molar-refractivity contribution < 1.29 is 24.2 Å². The molecule has 2 N–H and O–H groups in total. The van der Waals surface area contributed by atoms with Crippen LogP contribution in [0, 0.1) is 0 Å². The summed E-state index contributed by atoms with van der Waals surface area (Å²) in [6, 6.07) is 6.35. The lowest BCUT2D eigenvalue weighted by atomic mass is 10.2. The van der Waals surface area contributed by atoms with Crippen LogP contribution in [0.15, 0.2) is 24.3 Å². The van der Waals surface area contributed by atoms with Crippen molar-refractivity contribution in [3.05, 3.63) is 29.8 Å². The van der Waals surface area contributed by atoms with Gasteiger partial charge in [0.15, 0.2) is 0 Å². The number of benzene rings is 1. The lowest BCUT2D eigenvalue weighted by Gasteiger charge is -2.07. The second-order valence-corrected chi connectivity index (χ2v) is 3.71. The number of aliphatic hydroxyl groups excluding tert-OH is 1. The maximum atomic E-state index is 11.8. The van der Waals surface area contributed by atoms with Gasteiger partial charge < -0.3 is 19.9 Å². The van der Waals surface area contributed by atoms with Crippen molar-refractivity contribution in [2.45, 2.75) is 6.92 Å². The Morgan fingerprint density at radius 2 is 2.11 bits per heavy atom. The fraction of sp³-hybridized carbons (Fsp3) is 0.385. The first-order chi connectivity index (χ1) is 9.13. The van der Waals surface area contributed by atoms with E-state index in [1.165, 1.54) is 13.0 Å². The van der Waals surface area contributed by atoms with Crippen LogP contribution in [0.1, 0.15) is 17.3 Å². The molecule has 19 heavy (non-hydrogen) atoms. The molecule has 0 atom stereocenters. The van der Waals surface area contributed by atoms with E-state index in [9.17, 15) is 9.59 Å². The molecular weight excluding hydrogens is 250 g/mol. The van der Waals surface area contributed by atoms with Crippen LogP contribution in [-0.4, -0.2) is 43.3 Å². The van der Waals surface area contributed by atoms with Crippen LogP contribution in [0.2, 0.25) is 0 Å². The van der Waals surface area contributed by atoms with E-state index >= 15 is 0 Å². The van der Waals surface area contributed by atoms with E-state index in [2.05, 4.69) is 5.32 Å². The Hall–Kier alpha value is -1.92. The van der Waals surface area contributed by atoms with Crippen LogP contribution in [0.5, 0.6) is 5.75 Å². The van der Waals surface area contributed by atoms with Gasteiger partial charge in [-0.15, -0.1) is 0 Å². The summed E-state index contributed by atoms with van der Waals surface area (Å²) in [6.45, 7) is 2.17. The van der Waals surface area contributed by atoms with Gasteiger partial charge in [-0.05, 0) is 18.2 Å². The number of carbonyl (C=O) groups excluding carboxylic acids is 2. The Morgan fingerprint density at radius 3 is 2.79 bits per heavy atom. The molecule has 1 rings (SSSR count). The molecule has 0 saturated carbocycles. The van der Waals surface area contributed by atoms with Gasteiger partial charge in [-0.3, -0.25) is 9.59 Å². The van der Waals surface area contributed by atoms with E-state index in [1.807, 2.05) is 0 Å². The first kappa shape index (κ1) is 15.1. The Morgan fingerprint density at radius 1 is 1.32 bits per heavy atom. The molecule has 1 aromatic carbocycles. The molecule has 0 spiro atoms. The van der Waals surface area contributed by atoms with Gasteiger partial charge in [0, 0.05) is 19.0 Å². The molecule has 0 radical (unpaired) electrons. The predicted molar refractivity (Wildman–Crippen MR) is 68.0 cm³/mol. The lowest BCUT2D eigenvalue weighted by Crippen LogP contribution is -2.27. The highest BCUT2D eigenvalue weighted by Gasteiger charge is 2.07. The number of rotatable bonds is 7. The normalized spacial score (nSPS) is 10.0. The van der Waals surface area contributed by atoms with Crippen molar-refractivity contribution in [2.75, 3.05) is 26.4 Å². The first-order valence-electron chi connectivity index (χ1n) is 5.88. The molecule has 1 amide bonds. The summed E-state index contributed by atoms with van der Waals surface area (Å²) in [4.78, 5) is 22.6. The standard InChI is InChI=1S/C13H17NO5/c1-10(16)19-12-4-2-3-11(9-12)13(17)14-5-7-18-8-6-15/h2-4,9,15H,5-8H2,1H3,(H,14,17). The summed E-state index contributed by atoms with van der Waals surface area (Å²) in [7, 11) is 0. The first-order valence-corrected chi connectivity index (χ1v) is 5.88. The minimum absolute atomic E-state index is 0.0433. The lowest BCUT2D eigenvalue weighted by molar-refractivity contribution is -0.131. The molecule has 0 bridgehead atoms. The largest absolute Gasteiger partial charge is 0.427 e. The molecule has 1 aromatic rings. The van der Waals surface area contributed by atoms with Gasteiger partial charge in [0.1, 0.15) is 5.75 Å². The molecule has 6 heteroatoms. The van der Waals surface area contributed by atoms with E-state index in [1.54, 1.807) is 18.2 Å². The highest BCUT2D eigenvalue weighted by Crippen LogP contribution is 2.13. The van der Waals surface area contributed by atoms with Crippen molar-refractivity contribution >= 4 is 11.9 Å². The summed E-state index contributed by atoms with van der Waals surface area (Å²) < 4.78 is 9.90. The topological polar surface area (TPSA) is 84.9 Å². The van der Waals surface area contributed by atoms with Gasteiger partial charge in [-0.25, -0.2) is 0 Å². The zero-order valence-electron chi connectivity index (χ0n) is 10.7. The van der Waals surface area contributed by atoms with Crippen LogP contribution < -0.4 is 10.1 Å². The van der Waals surface area contributed by atoms with Crippen LogP contribution in [0.25, 0.3) is 0 Å². The van der Waals surface area contributed by atoms with Crippen molar-refractivity contribution in [2.24, 2.45) is 0 Å². The number of nitrogens with one attached hydrogen (secondary N) is 1. The third-order valence-corrected chi connectivity index (χ3v) is 2.13. The number of amides is 1. The van der Waals surface area contributed by atoms with Gasteiger partial charge in [0.05, 0.1) is 19.8 Å². The number of ether oxygens (including phenoxy) is 2. The van der Waals surface area contributed by atoms with E-state index in [0.717, 1.165) is 0 Å². The molecule has 0 fully saturated rings. The summed E-state index contributed by atoms with van der Waals surface area (Å²) in [5.74, 6) is -0.381. The smallest absolute Gasteiger partial charge is 0.308 e. The minimum atomic E-state index is -0.435. The van der Waals surface area contributed by atoms with Crippen molar-refractivity contribution in [3.8, 4) is 5.75 Å². The molecule has 0 aliphatic heterocycles. The maximum absolute atomic E-state index is 11.8. The fourth-order valence-corrected chi connectivity index (χ4v) is 1.37. The second kappa shape index (κ2) is 8.23. The second-order valence-electron chi connectivity index (χ2n) is 3.71. The van der Waals surface area contributed by atoms with Crippen LogP contribution in [0.3, 0.4) is 0 Å². The number of hydrogen-bond acceptors (Lipinski definition) is 5. The third kappa shape index (κ3) is 5.98. The zero-order valence-corrected chi connectivity index (χ0v) is 10.7. The number of hydrogen-bond donors (Lipinski definition) is 2. The molecule has 0 aromatic heterocycles. The average molecular weight is 267 g/mol. The Kier molecular flexibility index (Phi) is 6.56. The van der Waals surface area contributed by atoms with Crippen molar-refractivity contribution in [3.63, 3.8) is 0 Å². The Bertz CT molecular complexity index is 433. The monoisotopic (exact) mass is 267 g/mol. The zero-order chi connectivity index (χ0) is 14.1. The molecule has 6 nitrogen and oxygen atoms in total. The van der Waals surface area contributed by atoms with Crippen LogP contribution >= 0.6 is 0 Å². The highest BCUT2D eigenvalue weighted by atomic mass is 16.5. The van der Waals surface area contributed by atoms with E-state index in [4.69, 9.17) is 14.6 Å². The van der Waals surface area contributed by atoms with E-state index < -0.39 is 5.97 Å². The third-order valence-electron chi connectivity index (χ3n) is 2.13. The summed E-state index contributed by atoms with van der Waals surface area (Å²) in [5, 5.41) is 11.2. The van der Waals surface area contributed by atoms with E-state index in [-0.39, 0.29) is 19.1 Å². The average Bonchev–Trinajstić information content (AvgIpc) is 2.38. The Labute approximate surface area is 111 Å². The summed E-state index contributed by atoms with van der Waals surface area (Å²) in [5.41, 5.74) is 0.404. The Balaban J connectivity index is 2.45. The minimum Gasteiger partial charge on any atom is -0.427 e. The quantitative estimate of drug-likeness (QED) is 0.423. The molecular formula is C13H17NO5. The van der Waals surface area contributed by atoms with Gasteiger partial charge in [0.25, 0.3) is 5.91 Å². The molecule has 0 aliphatic rings. The molecule has 0 unspecified atom stereocenters. The number of aliphatic hydroxyl groups is 1. The molecule has 0 aliphatic carbocycles. The maximum Gasteiger partial charge on any atom is 0.308 e. The summed E-state index contributed by atoms with van der Waals surface area (Å²) in [6.07, 6.45) is 0. The van der Waals surface area contributed by atoms with Crippen molar-refractivity contribution in [1.82, 2.24) is 5.32 Å². The highest BCUT2D eigenvalue weighted by molar-refractivity contribution is 5.94. The van der Waals surface area contributed by atoms with Gasteiger partial charge in [0.2, 0.25) is 0 Å². The van der Waals surface area contributed by atoms with Gasteiger partial charge >= 0.3 is 5.97 Å². The molecule has 104 valence electrons. The van der Waals surface area contributed by atoms with Crippen molar-refractivity contribution in [1.29, 1.82) is 0 Å². The van der Waals surface area contributed by atoms with Crippen LogP contribution in [-0.2, 0) is 9.53 Å². The van der Waals surface area contributed by atoms with Crippen LogP contribution in [0.4, 0.5) is 0 Å².